The van der Waals surface area contributed by atoms with Crippen molar-refractivity contribution in [2.45, 2.75) is 13.0 Å². The van der Waals surface area contributed by atoms with Crippen LogP contribution in [0.4, 0.5) is 5.69 Å². The van der Waals surface area contributed by atoms with E-state index >= 15 is 0 Å². The van der Waals surface area contributed by atoms with Crippen LogP contribution in [0.15, 0.2) is 34.1 Å². The van der Waals surface area contributed by atoms with E-state index < -0.39 is 23.2 Å². The number of aromatic nitrogens is 3. The maximum absolute atomic E-state index is 12.4. The molecule has 0 aliphatic rings. The number of ketones is 1. The molecule has 8 nitrogen and oxygen atoms in total. The minimum atomic E-state index is -1.08. The van der Waals surface area contributed by atoms with Gasteiger partial charge < -0.3 is 14.6 Å². The molecule has 1 atom stereocenters. The lowest BCUT2D eigenvalue weighted by Crippen LogP contribution is -2.50. The third kappa shape index (κ3) is 2.82. The molecule has 8 heteroatoms. The maximum Gasteiger partial charge on any atom is 0.329 e. The smallest absolute Gasteiger partial charge is 0.329 e. The van der Waals surface area contributed by atoms with Crippen molar-refractivity contribution in [3.05, 3.63) is 50.9 Å². The third-order valence-electron chi connectivity index (χ3n) is 3.95. The molecule has 1 unspecified atom stereocenters. The monoisotopic (exact) mass is 332 g/mol. The zero-order valence-corrected chi connectivity index (χ0v) is 14.3. The summed E-state index contributed by atoms with van der Waals surface area (Å²) >= 11 is 0. The molecule has 2 aromatic rings. The van der Waals surface area contributed by atoms with Crippen molar-refractivity contribution in [2.75, 3.05) is 19.0 Å². The van der Waals surface area contributed by atoms with Gasteiger partial charge in [-0.3, -0.25) is 14.2 Å². The molecule has 0 aromatic carbocycles. The van der Waals surface area contributed by atoms with E-state index in [0.717, 1.165) is 14.8 Å². The highest BCUT2D eigenvalue weighted by Gasteiger charge is 2.31. The average molecular weight is 332 g/mol. The Morgan fingerprint density at radius 1 is 1.17 bits per heavy atom. The lowest BCUT2D eigenvalue weighted by molar-refractivity contribution is -0.700. The number of anilines is 1. The Morgan fingerprint density at radius 3 is 2.17 bits per heavy atom. The summed E-state index contributed by atoms with van der Waals surface area (Å²) in [7, 11) is 6.32. The molecule has 0 amide bonds. The summed E-state index contributed by atoms with van der Waals surface area (Å²) in [6.45, 7) is 1.31. The van der Waals surface area contributed by atoms with Gasteiger partial charge in [-0.15, -0.1) is 0 Å². The van der Waals surface area contributed by atoms with Gasteiger partial charge in [0.15, 0.2) is 12.4 Å². The van der Waals surface area contributed by atoms with Crippen molar-refractivity contribution in [1.82, 2.24) is 9.13 Å². The van der Waals surface area contributed by atoms with Gasteiger partial charge in [0.1, 0.15) is 5.56 Å². The Labute approximate surface area is 138 Å². The van der Waals surface area contributed by atoms with E-state index in [1.54, 1.807) is 24.5 Å². The first-order chi connectivity index (χ1) is 11.2. The fourth-order valence-corrected chi connectivity index (χ4v) is 2.55. The van der Waals surface area contributed by atoms with Gasteiger partial charge in [-0.25, -0.2) is 4.79 Å². The normalized spacial score (nSPS) is 12.0. The second kappa shape index (κ2) is 6.31. The van der Waals surface area contributed by atoms with Crippen molar-refractivity contribution in [2.24, 2.45) is 14.1 Å². The molecule has 0 bridgehead atoms. The van der Waals surface area contributed by atoms with Crippen molar-refractivity contribution in [3.63, 3.8) is 0 Å². The minimum Gasteiger partial charge on any atom is -0.859 e. The highest BCUT2D eigenvalue weighted by molar-refractivity contribution is 5.81. The zero-order chi connectivity index (χ0) is 18.2. The highest BCUT2D eigenvalue weighted by atomic mass is 16.3. The zero-order valence-electron chi connectivity index (χ0n) is 14.3. The molecule has 2 aromatic heterocycles. The predicted molar refractivity (Wildman–Crippen MR) is 86.2 cm³/mol. The molecule has 0 fully saturated rings. The van der Waals surface area contributed by atoms with Crippen LogP contribution in [0.3, 0.4) is 0 Å². The summed E-state index contributed by atoms with van der Waals surface area (Å²) in [5.74, 6) is -1.13. The largest absolute Gasteiger partial charge is 0.859 e. The summed E-state index contributed by atoms with van der Waals surface area (Å²) < 4.78 is 3.17. The highest BCUT2D eigenvalue weighted by Crippen LogP contribution is 2.17. The molecule has 0 aliphatic carbocycles. The number of Topliss-reactive ketones (excluding diaryl/α,β-unsaturated/α-hetero) is 1. The van der Waals surface area contributed by atoms with E-state index in [1.165, 1.54) is 25.6 Å². The van der Waals surface area contributed by atoms with Gasteiger partial charge in [-0.2, -0.15) is 4.57 Å². The Hall–Kier alpha value is -2.90. The second-order valence-electron chi connectivity index (χ2n) is 5.84. The van der Waals surface area contributed by atoms with Crippen molar-refractivity contribution >= 4 is 11.5 Å². The van der Waals surface area contributed by atoms with Gasteiger partial charge in [0, 0.05) is 52.9 Å². The fraction of sp³-hybridized carbons (Fsp3) is 0.375. The number of carbonyl (C=O) groups is 1. The van der Waals surface area contributed by atoms with Crippen LogP contribution in [0.5, 0.6) is 5.88 Å². The van der Waals surface area contributed by atoms with Gasteiger partial charge in [0.2, 0.25) is 11.8 Å². The summed E-state index contributed by atoms with van der Waals surface area (Å²) in [6.07, 6.45) is 3.26. The molecule has 2 rings (SSSR count). The molecular formula is C16H20N4O4. The van der Waals surface area contributed by atoms with Crippen molar-refractivity contribution in [1.29, 1.82) is 0 Å². The number of nitrogens with zero attached hydrogens (tertiary/aromatic N) is 4. The van der Waals surface area contributed by atoms with Gasteiger partial charge in [-0.05, 0) is 5.88 Å². The average Bonchev–Trinajstić information content (AvgIpc) is 2.55. The molecule has 2 heterocycles. The fourth-order valence-electron chi connectivity index (χ4n) is 2.55. The number of hydrogen-bond acceptors (Lipinski definition) is 5. The van der Waals surface area contributed by atoms with Crippen LogP contribution in [-0.4, -0.2) is 29.0 Å². The van der Waals surface area contributed by atoms with E-state index in [0.29, 0.717) is 0 Å². The SMILES string of the molecule is CC(=O)C(c1c([O-])n(C)c(=O)n(C)c1=O)[n+]1ccc(N(C)C)cc1. The van der Waals surface area contributed by atoms with E-state index in [2.05, 4.69) is 0 Å². The molecule has 0 radical (unpaired) electrons. The first-order valence-electron chi connectivity index (χ1n) is 7.32. The van der Waals surface area contributed by atoms with E-state index in [1.807, 2.05) is 19.0 Å². The number of pyridine rings is 1. The van der Waals surface area contributed by atoms with Crippen molar-refractivity contribution in [3.8, 4) is 5.88 Å². The van der Waals surface area contributed by atoms with Crippen LogP contribution in [0.25, 0.3) is 0 Å². The van der Waals surface area contributed by atoms with Crippen LogP contribution in [0.1, 0.15) is 18.5 Å². The van der Waals surface area contributed by atoms with Crippen LogP contribution < -0.4 is 25.8 Å². The van der Waals surface area contributed by atoms with Crippen LogP contribution in [0, 0.1) is 0 Å². The number of hydrogen-bond donors (Lipinski definition) is 0. The Morgan fingerprint density at radius 2 is 1.71 bits per heavy atom. The van der Waals surface area contributed by atoms with Gasteiger partial charge in [0.25, 0.3) is 5.56 Å². The second-order valence-corrected chi connectivity index (χ2v) is 5.84. The molecule has 128 valence electrons. The van der Waals surface area contributed by atoms with Gasteiger partial charge in [-0.1, -0.05) is 0 Å². The number of rotatable bonds is 4. The van der Waals surface area contributed by atoms with Gasteiger partial charge >= 0.3 is 5.69 Å². The topological polar surface area (TPSA) is 91.2 Å². The maximum atomic E-state index is 12.4. The molecule has 0 saturated heterocycles. The van der Waals surface area contributed by atoms with Crippen LogP contribution in [0.2, 0.25) is 0 Å². The molecule has 24 heavy (non-hydrogen) atoms. The first-order valence-corrected chi connectivity index (χ1v) is 7.32. The third-order valence-corrected chi connectivity index (χ3v) is 3.95. The summed E-state index contributed by atoms with van der Waals surface area (Å²) in [5.41, 5.74) is -0.810. The number of carbonyl (C=O) groups excluding carboxylic acids is 1. The summed E-state index contributed by atoms with van der Waals surface area (Å²) in [4.78, 5) is 38.3. The Kier molecular flexibility index (Phi) is 4.59. The molecule has 0 saturated carbocycles. The van der Waals surface area contributed by atoms with Crippen LogP contribution in [-0.2, 0) is 18.9 Å². The first kappa shape index (κ1) is 17.5. The van der Waals surface area contributed by atoms with Crippen molar-refractivity contribution < 1.29 is 14.5 Å². The summed E-state index contributed by atoms with van der Waals surface area (Å²) in [5, 5.41) is 12.4. The lowest BCUT2D eigenvalue weighted by atomic mass is 10.1. The van der Waals surface area contributed by atoms with Gasteiger partial charge in [0.05, 0.1) is 0 Å². The molecule has 0 spiro atoms. The van der Waals surface area contributed by atoms with E-state index in [-0.39, 0.29) is 11.3 Å². The standard InChI is InChI=1S/C16H20N4O4/c1-10(21)13(20-8-6-11(7-9-20)17(2)3)12-14(22)18(4)16(24)19(5)15(12)23/h6-9,13H,1-5H3. The van der Waals surface area contributed by atoms with E-state index in [4.69, 9.17) is 0 Å². The summed E-state index contributed by atoms with van der Waals surface area (Å²) in [6, 6.07) is 2.46. The predicted octanol–water partition coefficient (Wildman–Crippen LogP) is -1.31. The minimum absolute atomic E-state index is 0.241. The Balaban J connectivity index is 2.72. The lowest BCUT2D eigenvalue weighted by Gasteiger charge is -2.21. The quantitative estimate of drug-likeness (QED) is 0.648. The molecule has 0 N–H and O–H groups in total. The molecular weight excluding hydrogens is 312 g/mol. The van der Waals surface area contributed by atoms with Crippen LogP contribution >= 0.6 is 0 Å². The Bertz CT molecular complexity index is 894. The van der Waals surface area contributed by atoms with E-state index in [9.17, 15) is 19.5 Å². The molecule has 0 aliphatic heterocycles.